The molecule has 4 heteroatoms. The van der Waals surface area contributed by atoms with Crippen molar-refractivity contribution < 1.29 is 5.11 Å². The third-order valence-corrected chi connectivity index (χ3v) is 2.30. The minimum Gasteiger partial charge on any atom is -0.388 e. The van der Waals surface area contributed by atoms with Gasteiger partial charge in [-0.25, -0.2) is 0 Å². The van der Waals surface area contributed by atoms with Crippen LogP contribution in [0.5, 0.6) is 0 Å². The number of benzene rings is 1. The summed E-state index contributed by atoms with van der Waals surface area (Å²) in [7, 11) is 0. The number of fused-ring (bicyclic) bond motifs is 1. The molecule has 0 saturated heterocycles. The van der Waals surface area contributed by atoms with Gasteiger partial charge in [0.15, 0.2) is 0 Å². The molecule has 1 aromatic rings. The highest BCUT2D eigenvalue weighted by Crippen LogP contribution is 2.29. The molecule has 2 rings (SSSR count). The number of rotatable bonds is 1. The van der Waals surface area contributed by atoms with Gasteiger partial charge in [0.05, 0.1) is 12.1 Å². The lowest BCUT2D eigenvalue weighted by molar-refractivity contribution is 0.162. The van der Waals surface area contributed by atoms with E-state index in [1.54, 1.807) is 6.08 Å². The van der Waals surface area contributed by atoms with E-state index in [0.29, 0.717) is 0 Å². The highest BCUT2D eigenvalue weighted by atomic mass is 16.3. The minimum absolute atomic E-state index is 0.491. The summed E-state index contributed by atoms with van der Waals surface area (Å²) in [6.07, 6.45) is 2.85. The summed E-state index contributed by atoms with van der Waals surface area (Å²) >= 11 is 0. The van der Waals surface area contributed by atoms with Gasteiger partial charge in [0.25, 0.3) is 0 Å². The Morgan fingerprint density at radius 1 is 1.36 bits per heavy atom. The van der Waals surface area contributed by atoms with E-state index < -0.39 is 12.1 Å². The molecule has 0 bridgehead atoms. The summed E-state index contributed by atoms with van der Waals surface area (Å²) in [4.78, 5) is 2.70. The lowest BCUT2D eigenvalue weighted by Gasteiger charge is -2.21. The van der Waals surface area contributed by atoms with E-state index in [9.17, 15) is 5.11 Å². The SMILES string of the molecule is [N-]=[N+]=N[C@H]1C=Cc2ccccc2[C@H]1O. The number of azide groups is 1. The van der Waals surface area contributed by atoms with Crippen molar-refractivity contribution in [3.05, 3.63) is 51.9 Å². The monoisotopic (exact) mass is 187 g/mol. The van der Waals surface area contributed by atoms with Gasteiger partial charge in [0.1, 0.15) is 0 Å². The standard InChI is InChI=1S/C10H9N3O/c11-13-12-9-6-5-7-3-1-2-4-8(7)10(9)14/h1-6,9-10,14H/t9-,10+/m0/s1. The fourth-order valence-corrected chi connectivity index (χ4v) is 1.58. The zero-order chi connectivity index (χ0) is 9.97. The fourth-order valence-electron chi connectivity index (χ4n) is 1.58. The van der Waals surface area contributed by atoms with Crippen LogP contribution in [0.25, 0.3) is 16.5 Å². The molecule has 0 aromatic heterocycles. The maximum atomic E-state index is 9.84. The molecule has 4 nitrogen and oxygen atoms in total. The third kappa shape index (κ3) is 1.37. The Kier molecular flexibility index (Phi) is 2.23. The van der Waals surface area contributed by atoms with Gasteiger partial charge in [-0.05, 0) is 16.7 Å². The smallest absolute Gasteiger partial charge is 0.0915 e. The molecule has 1 aliphatic rings. The summed E-state index contributed by atoms with van der Waals surface area (Å²) in [6, 6.07) is 7.03. The Labute approximate surface area is 81.1 Å². The van der Waals surface area contributed by atoms with Crippen molar-refractivity contribution in [2.24, 2.45) is 5.11 Å². The molecule has 0 amide bonds. The molecule has 0 heterocycles. The van der Waals surface area contributed by atoms with Crippen LogP contribution in [0, 0.1) is 0 Å². The largest absolute Gasteiger partial charge is 0.388 e. The quantitative estimate of drug-likeness (QED) is 0.409. The Morgan fingerprint density at radius 2 is 2.14 bits per heavy atom. The summed E-state index contributed by atoms with van der Waals surface area (Å²) < 4.78 is 0. The van der Waals surface area contributed by atoms with Crippen molar-refractivity contribution in [3.63, 3.8) is 0 Å². The van der Waals surface area contributed by atoms with E-state index in [0.717, 1.165) is 11.1 Å². The van der Waals surface area contributed by atoms with Crippen molar-refractivity contribution in [1.82, 2.24) is 0 Å². The second-order valence-corrected chi connectivity index (χ2v) is 3.13. The van der Waals surface area contributed by atoms with Crippen molar-refractivity contribution in [1.29, 1.82) is 0 Å². The van der Waals surface area contributed by atoms with Crippen molar-refractivity contribution >= 4 is 6.08 Å². The van der Waals surface area contributed by atoms with Crippen LogP contribution in [0.4, 0.5) is 0 Å². The zero-order valence-electron chi connectivity index (χ0n) is 7.41. The van der Waals surface area contributed by atoms with Crippen molar-refractivity contribution in [2.75, 3.05) is 0 Å². The van der Waals surface area contributed by atoms with Gasteiger partial charge in [-0.2, -0.15) is 0 Å². The molecule has 0 fully saturated rings. The second-order valence-electron chi connectivity index (χ2n) is 3.13. The van der Waals surface area contributed by atoms with E-state index in [1.165, 1.54) is 0 Å². The molecular formula is C10H9N3O. The molecule has 0 spiro atoms. The summed E-state index contributed by atoms with van der Waals surface area (Å²) in [6.45, 7) is 0. The molecule has 0 aliphatic heterocycles. The molecule has 2 atom stereocenters. The fraction of sp³-hybridized carbons (Fsp3) is 0.200. The van der Waals surface area contributed by atoms with Crippen molar-refractivity contribution in [3.8, 4) is 0 Å². The molecule has 0 radical (unpaired) electrons. The van der Waals surface area contributed by atoms with E-state index in [2.05, 4.69) is 10.0 Å². The molecule has 70 valence electrons. The van der Waals surface area contributed by atoms with Crippen LogP contribution >= 0.6 is 0 Å². The number of hydrogen-bond acceptors (Lipinski definition) is 2. The predicted molar refractivity (Wildman–Crippen MR) is 53.4 cm³/mol. The maximum absolute atomic E-state index is 9.84. The third-order valence-electron chi connectivity index (χ3n) is 2.30. The van der Waals surface area contributed by atoms with Crippen LogP contribution in [0.2, 0.25) is 0 Å². The number of nitrogens with zero attached hydrogens (tertiary/aromatic N) is 3. The second kappa shape index (κ2) is 3.54. The van der Waals surface area contributed by atoms with Gasteiger partial charge >= 0.3 is 0 Å². The Morgan fingerprint density at radius 3 is 2.93 bits per heavy atom. The van der Waals surface area contributed by atoms with Crippen LogP contribution in [0.1, 0.15) is 17.2 Å². The first-order chi connectivity index (χ1) is 6.83. The first kappa shape index (κ1) is 8.81. The molecule has 1 N–H and O–H groups in total. The van der Waals surface area contributed by atoms with Gasteiger partial charge in [-0.15, -0.1) is 0 Å². The molecular weight excluding hydrogens is 178 g/mol. The van der Waals surface area contributed by atoms with E-state index in [1.807, 2.05) is 30.3 Å². The molecule has 14 heavy (non-hydrogen) atoms. The topological polar surface area (TPSA) is 69.0 Å². The highest BCUT2D eigenvalue weighted by Gasteiger charge is 2.22. The Bertz CT molecular complexity index is 421. The predicted octanol–water partition coefficient (Wildman–Crippen LogP) is 2.43. The summed E-state index contributed by atoms with van der Waals surface area (Å²) in [5.74, 6) is 0. The van der Waals surface area contributed by atoms with Gasteiger partial charge in [0, 0.05) is 4.91 Å². The number of aliphatic hydroxyl groups is 1. The van der Waals surface area contributed by atoms with Gasteiger partial charge in [-0.1, -0.05) is 41.5 Å². The van der Waals surface area contributed by atoms with Gasteiger partial charge in [0.2, 0.25) is 0 Å². The Balaban J connectivity index is 2.44. The van der Waals surface area contributed by atoms with Crippen LogP contribution in [0.3, 0.4) is 0 Å². The molecule has 1 aromatic carbocycles. The highest BCUT2D eigenvalue weighted by molar-refractivity contribution is 5.58. The lowest BCUT2D eigenvalue weighted by atomic mass is 9.92. The average Bonchev–Trinajstić information content (AvgIpc) is 2.23. The molecule has 0 unspecified atom stereocenters. The van der Waals surface area contributed by atoms with Crippen molar-refractivity contribution in [2.45, 2.75) is 12.1 Å². The number of aliphatic hydroxyl groups excluding tert-OH is 1. The zero-order valence-corrected chi connectivity index (χ0v) is 7.41. The van der Waals surface area contributed by atoms with Crippen LogP contribution in [-0.2, 0) is 0 Å². The van der Waals surface area contributed by atoms with Crippen LogP contribution in [-0.4, -0.2) is 11.1 Å². The summed E-state index contributed by atoms with van der Waals surface area (Å²) in [5.41, 5.74) is 10.1. The summed E-state index contributed by atoms with van der Waals surface area (Å²) in [5, 5.41) is 13.3. The normalized spacial score (nSPS) is 23.8. The Hall–Kier alpha value is -1.77. The van der Waals surface area contributed by atoms with E-state index in [4.69, 9.17) is 5.53 Å². The molecule has 0 saturated carbocycles. The number of hydrogen-bond donors (Lipinski definition) is 1. The van der Waals surface area contributed by atoms with Gasteiger partial charge in [-0.3, -0.25) is 0 Å². The first-order valence-electron chi connectivity index (χ1n) is 4.32. The van der Waals surface area contributed by atoms with Crippen LogP contribution < -0.4 is 0 Å². The first-order valence-corrected chi connectivity index (χ1v) is 4.32. The average molecular weight is 187 g/mol. The lowest BCUT2D eigenvalue weighted by Crippen LogP contribution is -2.17. The van der Waals surface area contributed by atoms with Gasteiger partial charge < -0.3 is 5.11 Å². The van der Waals surface area contributed by atoms with Crippen LogP contribution in [0.15, 0.2) is 35.5 Å². The van der Waals surface area contributed by atoms with E-state index in [-0.39, 0.29) is 0 Å². The van der Waals surface area contributed by atoms with E-state index >= 15 is 0 Å². The molecule has 1 aliphatic carbocycles. The maximum Gasteiger partial charge on any atom is 0.0915 e. The minimum atomic E-state index is -0.730.